The topological polar surface area (TPSA) is 59.6 Å². The fourth-order valence-corrected chi connectivity index (χ4v) is 4.79. The maximum atomic E-state index is 5.44. The van der Waals surface area contributed by atoms with Gasteiger partial charge in [-0.25, -0.2) is 9.97 Å². The van der Waals surface area contributed by atoms with Gasteiger partial charge in [0.15, 0.2) is 6.39 Å². The molecule has 3 aromatic heterocycles. The van der Waals surface area contributed by atoms with E-state index in [4.69, 9.17) is 4.42 Å². The third kappa shape index (κ3) is 12.7. The average molecular weight is 603 g/mol. The molecular formula is C38H74N4O. The summed E-state index contributed by atoms with van der Waals surface area (Å²) in [6, 6.07) is 2.20. The van der Waals surface area contributed by atoms with E-state index in [9.17, 15) is 0 Å². The lowest BCUT2D eigenvalue weighted by atomic mass is 9.80. The minimum Gasteiger partial charge on any atom is -0.448 e. The van der Waals surface area contributed by atoms with Gasteiger partial charge < -0.3 is 14.0 Å². The summed E-state index contributed by atoms with van der Waals surface area (Å²) in [4.78, 5) is 12.2. The number of nitrogens with one attached hydrogen (secondary N) is 1. The van der Waals surface area contributed by atoms with Gasteiger partial charge in [0.2, 0.25) is 0 Å². The first kappa shape index (κ1) is 45.1. The fraction of sp³-hybridized carbons (Fsp3) is 0.737. The molecule has 0 unspecified atom stereocenters. The molecular weight excluding hydrogens is 528 g/mol. The van der Waals surface area contributed by atoms with E-state index in [-0.39, 0.29) is 54.8 Å². The highest BCUT2D eigenvalue weighted by atomic mass is 16.3. The number of aromatic amines is 1. The van der Waals surface area contributed by atoms with Crippen molar-refractivity contribution in [2.75, 3.05) is 0 Å². The van der Waals surface area contributed by atoms with Crippen LogP contribution < -0.4 is 0 Å². The molecule has 3 aromatic rings. The fourth-order valence-electron chi connectivity index (χ4n) is 4.79. The standard InChI is InChI=1S/C12H22N2.C12H21N.C11H19NO.3CH4/c1-11(2,3)9-10(12(4,5)6)14(7)8-13-9;1-11(2,3)9-7-8-13-10(9)12(4,5)6;1-10(2,3)8-9(11(4,5)6)13-7-12-8;;;/h8H,1-7H3;7-8,13H,1-6H3;7H,1-6H3;3*1H4. The van der Waals surface area contributed by atoms with Crippen LogP contribution in [0, 0.1) is 0 Å². The lowest BCUT2D eigenvalue weighted by Gasteiger charge is -2.26. The first-order valence-electron chi connectivity index (χ1n) is 14.7. The molecule has 0 aromatic carbocycles. The van der Waals surface area contributed by atoms with Crippen molar-refractivity contribution < 1.29 is 4.42 Å². The average Bonchev–Trinajstić information content (AvgIpc) is 3.44. The molecule has 0 aliphatic carbocycles. The summed E-state index contributed by atoms with van der Waals surface area (Å²) < 4.78 is 7.58. The monoisotopic (exact) mass is 603 g/mol. The van der Waals surface area contributed by atoms with Crippen LogP contribution in [0.25, 0.3) is 0 Å². The van der Waals surface area contributed by atoms with Crippen molar-refractivity contribution in [3.63, 3.8) is 0 Å². The van der Waals surface area contributed by atoms with Gasteiger partial charge in [-0.15, -0.1) is 0 Å². The zero-order chi connectivity index (χ0) is 31.7. The van der Waals surface area contributed by atoms with Crippen molar-refractivity contribution in [2.24, 2.45) is 7.05 Å². The molecule has 0 amide bonds. The molecule has 0 fully saturated rings. The predicted molar refractivity (Wildman–Crippen MR) is 193 cm³/mol. The normalized spacial score (nSPS) is 12.4. The second kappa shape index (κ2) is 15.1. The molecule has 0 aliphatic heterocycles. The highest BCUT2D eigenvalue weighted by molar-refractivity contribution is 5.32. The van der Waals surface area contributed by atoms with E-state index in [2.05, 4.69) is 157 Å². The minimum absolute atomic E-state index is 0. The Kier molecular flexibility index (Phi) is 15.9. The number of oxazole rings is 1. The van der Waals surface area contributed by atoms with Crippen LogP contribution in [0.2, 0.25) is 0 Å². The van der Waals surface area contributed by atoms with Gasteiger partial charge in [-0.05, 0) is 17.0 Å². The van der Waals surface area contributed by atoms with Gasteiger partial charge >= 0.3 is 0 Å². The Morgan fingerprint density at radius 2 is 1.05 bits per heavy atom. The van der Waals surface area contributed by atoms with Crippen LogP contribution in [-0.2, 0) is 39.5 Å². The molecule has 0 radical (unpaired) electrons. The molecule has 3 heterocycles. The van der Waals surface area contributed by atoms with Gasteiger partial charge in [0.25, 0.3) is 0 Å². The summed E-state index contributed by atoms with van der Waals surface area (Å²) in [6.07, 6.45) is 5.50. The summed E-state index contributed by atoms with van der Waals surface area (Å²) in [5, 5.41) is 0. The van der Waals surface area contributed by atoms with Crippen molar-refractivity contribution in [1.29, 1.82) is 0 Å². The van der Waals surface area contributed by atoms with Gasteiger partial charge in [0, 0.05) is 51.7 Å². The van der Waals surface area contributed by atoms with Crippen molar-refractivity contribution in [3.8, 4) is 0 Å². The van der Waals surface area contributed by atoms with E-state index < -0.39 is 0 Å². The second-order valence-electron chi connectivity index (χ2n) is 17.3. The maximum Gasteiger partial charge on any atom is 0.181 e. The maximum absolute atomic E-state index is 5.44. The van der Waals surface area contributed by atoms with Gasteiger partial charge in [-0.3, -0.25) is 0 Å². The highest BCUT2D eigenvalue weighted by Gasteiger charge is 2.30. The third-order valence-electron chi connectivity index (χ3n) is 6.62. The third-order valence-corrected chi connectivity index (χ3v) is 6.62. The molecule has 0 saturated heterocycles. The molecule has 1 N–H and O–H groups in total. The van der Waals surface area contributed by atoms with Gasteiger partial charge in [-0.2, -0.15) is 0 Å². The van der Waals surface area contributed by atoms with Crippen LogP contribution in [0.5, 0.6) is 0 Å². The Balaban J connectivity index is -0.000000540. The van der Waals surface area contributed by atoms with Crippen molar-refractivity contribution >= 4 is 0 Å². The second-order valence-corrected chi connectivity index (χ2v) is 17.3. The number of rotatable bonds is 0. The molecule has 43 heavy (non-hydrogen) atoms. The minimum atomic E-state index is 0. The summed E-state index contributed by atoms with van der Waals surface area (Å²) in [5.41, 5.74) is 7.26. The van der Waals surface area contributed by atoms with E-state index in [0.717, 1.165) is 11.5 Å². The van der Waals surface area contributed by atoms with Gasteiger partial charge in [-0.1, -0.05) is 147 Å². The van der Waals surface area contributed by atoms with E-state index in [0.29, 0.717) is 0 Å². The number of aromatic nitrogens is 4. The Hall–Kier alpha value is -2.30. The van der Waals surface area contributed by atoms with E-state index >= 15 is 0 Å². The number of aryl methyl sites for hydroxylation is 1. The lowest BCUT2D eigenvalue weighted by Crippen LogP contribution is -2.23. The van der Waals surface area contributed by atoms with E-state index in [1.54, 1.807) is 6.39 Å². The van der Waals surface area contributed by atoms with Gasteiger partial charge in [0.1, 0.15) is 5.76 Å². The Labute approximate surface area is 269 Å². The predicted octanol–water partition coefficient (Wildman–Crippen LogP) is 11.8. The molecule has 0 bridgehead atoms. The molecule has 252 valence electrons. The summed E-state index contributed by atoms with van der Waals surface area (Å²) in [7, 11) is 2.07. The zero-order valence-corrected chi connectivity index (χ0v) is 29.6. The van der Waals surface area contributed by atoms with Crippen LogP contribution in [0.4, 0.5) is 0 Å². The smallest absolute Gasteiger partial charge is 0.181 e. The van der Waals surface area contributed by atoms with E-state index in [1.165, 1.54) is 22.6 Å². The van der Waals surface area contributed by atoms with Crippen LogP contribution in [0.3, 0.4) is 0 Å². The van der Waals surface area contributed by atoms with Crippen LogP contribution in [0.15, 0.2) is 29.4 Å². The number of nitrogens with zero attached hydrogens (tertiary/aromatic N) is 3. The van der Waals surface area contributed by atoms with Crippen molar-refractivity contribution in [1.82, 2.24) is 19.5 Å². The van der Waals surface area contributed by atoms with Crippen LogP contribution >= 0.6 is 0 Å². The Morgan fingerprint density at radius 1 is 0.581 bits per heavy atom. The quantitative estimate of drug-likeness (QED) is 0.278. The molecule has 0 spiro atoms. The summed E-state index contributed by atoms with van der Waals surface area (Å²) in [6.45, 7) is 39.7. The van der Waals surface area contributed by atoms with Crippen LogP contribution in [-0.4, -0.2) is 19.5 Å². The molecule has 0 aliphatic rings. The number of imidazole rings is 1. The SMILES string of the molecule is C.C.C.CC(C)(C)c1cc[nH]c1C(C)(C)C.CC(C)(C)c1ncoc1C(C)(C)C.Cn1cnc(C(C)(C)C)c1C(C)(C)C. The molecule has 3 rings (SSSR count). The largest absolute Gasteiger partial charge is 0.448 e. The number of H-pyrrole nitrogens is 1. The first-order valence-corrected chi connectivity index (χ1v) is 14.7. The first-order chi connectivity index (χ1) is 17.6. The summed E-state index contributed by atoms with van der Waals surface area (Å²) in [5.74, 6) is 1.00. The van der Waals surface area contributed by atoms with Crippen LogP contribution in [0.1, 0.15) is 181 Å². The van der Waals surface area contributed by atoms with Crippen molar-refractivity contribution in [3.05, 3.63) is 59.1 Å². The summed E-state index contributed by atoms with van der Waals surface area (Å²) >= 11 is 0. The van der Waals surface area contributed by atoms with Gasteiger partial charge in [0.05, 0.1) is 17.7 Å². The number of hydrogen-bond acceptors (Lipinski definition) is 3. The van der Waals surface area contributed by atoms with E-state index in [1.807, 2.05) is 12.5 Å². The zero-order valence-electron chi connectivity index (χ0n) is 29.6. The number of hydrogen-bond donors (Lipinski definition) is 1. The van der Waals surface area contributed by atoms with Crippen molar-refractivity contribution in [2.45, 2.75) is 179 Å². The highest BCUT2D eigenvalue weighted by Crippen LogP contribution is 2.34. The molecule has 0 atom stereocenters. The lowest BCUT2D eigenvalue weighted by molar-refractivity contribution is 0.392. The Morgan fingerprint density at radius 3 is 1.33 bits per heavy atom. The molecule has 5 heteroatoms. The molecule has 0 saturated carbocycles. The Bertz CT molecular complexity index is 1080. The molecule has 5 nitrogen and oxygen atoms in total.